The molecule has 1 unspecified atom stereocenters. The molecule has 0 saturated heterocycles. The lowest BCUT2D eigenvalue weighted by atomic mass is 9.91. The Morgan fingerprint density at radius 2 is 2.17 bits per heavy atom. The van der Waals surface area contributed by atoms with E-state index < -0.39 is 0 Å². The lowest BCUT2D eigenvalue weighted by Gasteiger charge is -2.15. The van der Waals surface area contributed by atoms with E-state index in [1.54, 1.807) is 4.68 Å². The van der Waals surface area contributed by atoms with Gasteiger partial charge in [-0.05, 0) is 24.8 Å². The summed E-state index contributed by atoms with van der Waals surface area (Å²) in [5.74, 6) is 0.710. The first-order valence-electron chi connectivity index (χ1n) is 6.72. The Kier molecular flexibility index (Phi) is 5.54. The lowest BCUT2D eigenvalue weighted by molar-refractivity contribution is -0.122. The van der Waals surface area contributed by atoms with Gasteiger partial charge in [0.1, 0.15) is 5.78 Å². The van der Waals surface area contributed by atoms with Crippen LogP contribution >= 0.6 is 0 Å². The van der Waals surface area contributed by atoms with Crippen LogP contribution in [0.3, 0.4) is 0 Å². The van der Waals surface area contributed by atoms with Gasteiger partial charge in [-0.3, -0.25) is 9.48 Å². The highest BCUT2D eigenvalue weighted by molar-refractivity contribution is 5.83. The van der Waals surface area contributed by atoms with Crippen LogP contribution in [-0.2, 0) is 24.7 Å². The molecular weight excluding hydrogens is 226 g/mol. The van der Waals surface area contributed by atoms with Gasteiger partial charge in [0.05, 0.1) is 5.69 Å². The fourth-order valence-corrected chi connectivity index (χ4v) is 2.16. The molecule has 1 aromatic rings. The molecule has 102 valence electrons. The van der Waals surface area contributed by atoms with Crippen molar-refractivity contribution in [3.8, 4) is 0 Å². The van der Waals surface area contributed by atoms with E-state index in [4.69, 9.17) is 5.73 Å². The minimum atomic E-state index is -0.0232. The highest BCUT2D eigenvalue weighted by atomic mass is 16.1. The van der Waals surface area contributed by atoms with Gasteiger partial charge in [-0.25, -0.2) is 0 Å². The maximum absolute atomic E-state index is 12.2. The second-order valence-corrected chi connectivity index (χ2v) is 5.31. The Bertz CT molecular complexity index is 396. The largest absolute Gasteiger partial charge is 0.330 e. The third kappa shape index (κ3) is 3.95. The summed E-state index contributed by atoms with van der Waals surface area (Å²) in [6.07, 6.45) is 2.21. The summed E-state index contributed by atoms with van der Waals surface area (Å²) in [4.78, 5) is 12.2. The molecule has 1 heterocycles. The quantitative estimate of drug-likeness (QED) is 0.802. The molecule has 0 aliphatic rings. The first-order valence-corrected chi connectivity index (χ1v) is 6.72. The van der Waals surface area contributed by atoms with Gasteiger partial charge >= 0.3 is 0 Å². The predicted octanol–water partition coefficient (Wildman–Crippen LogP) is 1.72. The maximum Gasteiger partial charge on any atom is 0.143 e. The summed E-state index contributed by atoms with van der Waals surface area (Å²) in [5.41, 5.74) is 7.72. The minimum Gasteiger partial charge on any atom is -0.330 e. The van der Waals surface area contributed by atoms with Gasteiger partial charge in [0.15, 0.2) is 0 Å². The van der Waals surface area contributed by atoms with Crippen LogP contribution in [0.5, 0.6) is 0 Å². The molecule has 4 heteroatoms. The molecule has 0 saturated carbocycles. The molecule has 0 radical (unpaired) electrons. The number of aryl methyl sites for hydroxylation is 2. The van der Waals surface area contributed by atoms with Gasteiger partial charge in [0, 0.05) is 31.6 Å². The van der Waals surface area contributed by atoms with Crippen molar-refractivity contribution in [2.45, 2.75) is 40.0 Å². The smallest absolute Gasteiger partial charge is 0.143 e. The predicted molar refractivity (Wildman–Crippen MR) is 73.3 cm³/mol. The topological polar surface area (TPSA) is 60.9 Å². The standard InChI is InChI=1S/C14H25N3O/c1-5-12-7-13(17(4)16-12)8-14(18)11(9-15)6-10(2)3/h7,10-11H,5-6,8-9,15H2,1-4H3. The van der Waals surface area contributed by atoms with Crippen LogP contribution in [0.4, 0.5) is 0 Å². The molecule has 1 aromatic heterocycles. The molecule has 0 aromatic carbocycles. The van der Waals surface area contributed by atoms with Crippen LogP contribution in [0, 0.1) is 11.8 Å². The average Bonchev–Trinajstić information content (AvgIpc) is 2.66. The van der Waals surface area contributed by atoms with Crippen LogP contribution in [0.1, 0.15) is 38.6 Å². The molecule has 2 N–H and O–H groups in total. The first-order chi connectivity index (χ1) is 8.47. The number of ketones is 1. The Morgan fingerprint density at radius 3 is 2.61 bits per heavy atom. The second kappa shape index (κ2) is 6.69. The second-order valence-electron chi connectivity index (χ2n) is 5.31. The summed E-state index contributed by atoms with van der Waals surface area (Å²) >= 11 is 0. The summed E-state index contributed by atoms with van der Waals surface area (Å²) in [5, 5.41) is 4.36. The zero-order valence-electron chi connectivity index (χ0n) is 11.9. The van der Waals surface area contributed by atoms with Crippen LogP contribution in [0.25, 0.3) is 0 Å². The van der Waals surface area contributed by atoms with E-state index in [0.29, 0.717) is 18.9 Å². The summed E-state index contributed by atoms with van der Waals surface area (Å²) in [6.45, 7) is 6.75. The normalized spacial score (nSPS) is 13.0. The van der Waals surface area contributed by atoms with Gasteiger partial charge in [-0.1, -0.05) is 20.8 Å². The van der Waals surface area contributed by atoms with E-state index >= 15 is 0 Å². The van der Waals surface area contributed by atoms with Crippen molar-refractivity contribution in [3.05, 3.63) is 17.5 Å². The average molecular weight is 251 g/mol. The summed E-state index contributed by atoms with van der Waals surface area (Å²) < 4.78 is 1.81. The lowest BCUT2D eigenvalue weighted by Crippen LogP contribution is -2.27. The van der Waals surface area contributed by atoms with Crippen LogP contribution in [0.15, 0.2) is 6.07 Å². The van der Waals surface area contributed by atoms with Crippen LogP contribution in [-0.4, -0.2) is 22.1 Å². The van der Waals surface area contributed by atoms with Crippen LogP contribution < -0.4 is 5.73 Å². The highest BCUT2D eigenvalue weighted by Crippen LogP contribution is 2.15. The number of Topliss-reactive ketones (excluding diaryl/α,β-unsaturated/α-hetero) is 1. The third-order valence-corrected chi connectivity index (χ3v) is 3.24. The number of hydrogen-bond acceptors (Lipinski definition) is 3. The first kappa shape index (κ1) is 14.9. The highest BCUT2D eigenvalue weighted by Gasteiger charge is 2.19. The molecule has 0 aliphatic carbocycles. The Hall–Kier alpha value is -1.16. The van der Waals surface area contributed by atoms with E-state index in [-0.39, 0.29) is 11.7 Å². The molecular formula is C14H25N3O. The van der Waals surface area contributed by atoms with E-state index in [9.17, 15) is 4.79 Å². The molecule has 1 atom stereocenters. The van der Waals surface area contributed by atoms with Crippen molar-refractivity contribution in [1.82, 2.24) is 9.78 Å². The molecule has 0 amide bonds. The zero-order chi connectivity index (χ0) is 13.7. The monoisotopic (exact) mass is 251 g/mol. The molecule has 4 nitrogen and oxygen atoms in total. The van der Waals surface area contributed by atoms with E-state index in [2.05, 4.69) is 25.9 Å². The molecule has 1 rings (SSSR count). The number of aromatic nitrogens is 2. The van der Waals surface area contributed by atoms with Crippen molar-refractivity contribution < 1.29 is 4.79 Å². The summed E-state index contributed by atoms with van der Waals surface area (Å²) in [6, 6.07) is 2.01. The Balaban J connectivity index is 2.70. The zero-order valence-corrected chi connectivity index (χ0v) is 11.9. The maximum atomic E-state index is 12.2. The number of hydrogen-bond donors (Lipinski definition) is 1. The fraction of sp³-hybridized carbons (Fsp3) is 0.714. The molecule has 0 bridgehead atoms. The minimum absolute atomic E-state index is 0.0232. The van der Waals surface area contributed by atoms with Crippen molar-refractivity contribution in [2.75, 3.05) is 6.54 Å². The van der Waals surface area contributed by atoms with Crippen molar-refractivity contribution in [1.29, 1.82) is 0 Å². The Labute approximate surface area is 110 Å². The van der Waals surface area contributed by atoms with Crippen LogP contribution in [0.2, 0.25) is 0 Å². The van der Waals surface area contributed by atoms with Crippen molar-refractivity contribution in [3.63, 3.8) is 0 Å². The number of nitrogens with two attached hydrogens (primary N) is 1. The van der Waals surface area contributed by atoms with Crippen molar-refractivity contribution >= 4 is 5.78 Å². The van der Waals surface area contributed by atoms with Crippen molar-refractivity contribution in [2.24, 2.45) is 24.6 Å². The molecule has 0 fully saturated rings. The van der Waals surface area contributed by atoms with E-state index in [0.717, 1.165) is 24.2 Å². The summed E-state index contributed by atoms with van der Waals surface area (Å²) in [7, 11) is 1.89. The van der Waals surface area contributed by atoms with Gasteiger partial charge in [-0.15, -0.1) is 0 Å². The molecule has 0 spiro atoms. The fourth-order valence-electron chi connectivity index (χ4n) is 2.16. The molecule has 0 aliphatic heterocycles. The van der Waals surface area contributed by atoms with Gasteiger partial charge in [0.2, 0.25) is 0 Å². The number of carbonyl (C=O) groups is 1. The van der Waals surface area contributed by atoms with Gasteiger partial charge in [0.25, 0.3) is 0 Å². The van der Waals surface area contributed by atoms with E-state index in [1.807, 2.05) is 13.1 Å². The SMILES string of the molecule is CCc1cc(CC(=O)C(CN)CC(C)C)n(C)n1. The van der Waals surface area contributed by atoms with Gasteiger partial charge in [-0.2, -0.15) is 5.10 Å². The number of nitrogens with zero attached hydrogens (tertiary/aromatic N) is 2. The number of rotatable bonds is 7. The Morgan fingerprint density at radius 1 is 1.50 bits per heavy atom. The number of carbonyl (C=O) groups excluding carboxylic acids is 1. The van der Waals surface area contributed by atoms with E-state index in [1.165, 1.54) is 0 Å². The third-order valence-electron chi connectivity index (χ3n) is 3.24. The van der Waals surface area contributed by atoms with Gasteiger partial charge < -0.3 is 5.73 Å². The molecule has 18 heavy (non-hydrogen) atoms.